The van der Waals surface area contributed by atoms with Gasteiger partial charge in [0.25, 0.3) is 16.0 Å². The van der Waals surface area contributed by atoms with Gasteiger partial charge in [0.2, 0.25) is 5.91 Å². The average molecular weight is 477 g/mol. The molecule has 0 aromatic heterocycles. The van der Waals surface area contributed by atoms with Crippen LogP contribution in [0.3, 0.4) is 0 Å². The Hall–Kier alpha value is -2.27. The molecule has 1 aromatic carbocycles. The zero-order valence-corrected chi connectivity index (χ0v) is 19.5. The van der Waals surface area contributed by atoms with E-state index >= 15 is 8.78 Å². The lowest BCUT2D eigenvalue weighted by Crippen LogP contribution is -2.64. The van der Waals surface area contributed by atoms with Crippen LogP contribution in [-0.4, -0.2) is 62.7 Å². The zero-order valence-electron chi connectivity index (χ0n) is 18.7. The van der Waals surface area contributed by atoms with Gasteiger partial charge in [-0.3, -0.25) is 8.98 Å². The molecule has 1 aliphatic heterocycles. The van der Waals surface area contributed by atoms with Crippen molar-refractivity contribution >= 4 is 22.1 Å². The maximum atomic E-state index is 15.2. The number of rotatable bonds is 8. The van der Waals surface area contributed by atoms with E-state index in [1.807, 2.05) is 20.8 Å². The monoisotopic (exact) mass is 476 g/mol. The molecule has 0 bridgehead atoms. The van der Waals surface area contributed by atoms with Gasteiger partial charge >= 0.3 is 6.09 Å². The predicted octanol–water partition coefficient (Wildman–Crippen LogP) is 2.93. The van der Waals surface area contributed by atoms with E-state index in [-0.39, 0.29) is 37.3 Å². The molecule has 0 radical (unpaired) electrons. The Morgan fingerprint density at radius 3 is 2.38 bits per heavy atom. The third-order valence-corrected chi connectivity index (χ3v) is 5.56. The van der Waals surface area contributed by atoms with Crippen molar-refractivity contribution in [3.63, 3.8) is 0 Å². The van der Waals surface area contributed by atoms with Gasteiger partial charge in [-0.25, -0.2) is 13.6 Å². The third-order valence-electron chi connectivity index (χ3n) is 5.01. The van der Waals surface area contributed by atoms with Gasteiger partial charge in [-0.05, 0) is 17.4 Å². The first-order valence-corrected chi connectivity index (χ1v) is 11.9. The molecular formula is C21H30F2N2O6S. The fourth-order valence-electron chi connectivity index (χ4n) is 3.35. The molecule has 180 valence electrons. The van der Waals surface area contributed by atoms with E-state index in [9.17, 15) is 18.0 Å². The van der Waals surface area contributed by atoms with Crippen LogP contribution in [0.15, 0.2) is 30.3 Å². The van der Waals surface area contributed by atoms with Gasteiger partial charge < -0.3 is 15.0 Å². The zero-order chi connectivity index (χ0) is 24.2. The van der Waals surface area contributed by atoms with Gasteiger partial charge in [0.1, 0.15) is 18.8 Å². The molecule has 1 fully saturated rings. The van der Waals surface area contributed by atoms with E-state index in [1.165, 1.54) is 4.90 Å². The number of amides is 2. The van der Waals surface area contributed by atoms with Crippen molar-refractivity contribution in [2.45, 2.75) is 51.7 Å². The smallest absolute Gasteiger partial charge is 0.408 e. The van der Waals surface area contributed by atoms with Gasteiger partial charge in [-0.1, -0.05) is 51.1 Å². The number of halogens is 2. The summed E-state index contributed by atoms with van der Waals surface area (Å²) in [7, 11) is -4.15. The number of nitrogens with one attached hydrogen (secondary N) is 1. The minimum atomic E-state index is -4.15. The van der Waals surface area contributed by atoms with Crippen molar-refractivity contribution in [2.24, 2.45) is 5.41 Å². The van der Waals surface area contributed by atoms with Crippen molar-refractivity contribution in [3.8, 4) is 0 Å². The highest BCUT2D eigenvalue weighted by molar-refractivity contribution is 7.85. The second kappa shape index (κ2) is 9.70. The number of hydrogen-bond acceptors (Lipinski definition) is 6. The number of benzene rings is 1. The van der Waals surface area contributed by atoms with Gasteiger partial charge in [0.05, 0.1) is 6.26 Å². The molecule has 1 atom stereocenters. The van der Waals surface area contributed by atoms with E-state index in [1.54, 1.807) is 30.3 Å². The Bertz CT molecular complexity index is 918. The Kier molecular flexibility index (Phi) is 7.87. The van der Waals surface area contributed by atoms with Crippen molar-refractivity contribution in [1.82, 2.24) is 10.2 Å². The number of hydrogen-bond donors (Lipinski definition) is 1. The lowest BCUT2D eigenvalue weighted by Gasteiger charge is -2.37. The minimum Gasteiger partial charge on any atom is -0.445 e. The highest BCUT2D eigenvalue weighted by atomic mass is 32.2. The van der Waals surface area contributed by atoms with E-state index in [2.05, 4.69) is 9.50 Å². The van der Waals surface area contributed by atoms with Crippen LogP contribution < -0.4 is 5.32 Å². The molecule has 1 aliphatic rings. The molecule has 11 heteroatoms. The number of likely N-dealkylation sites (tertiary alicyclic amines) is 1. The summed E-state index contributed by atoms with van der Waals surface area (Å²) in [6.07, 6.45) is -0.598. The van der Waals surface area contributed by atoms with Crippen LogP contribution in [0.5, 0.6) is 0 Å². The van der Waals surface area contributed by atoms with Gasteiger partial charge in [-0.15, -0.1) is 0 Å². The average Bonchev–Trinajstić information content (AvgIpc) is 3.10. The third kappa shape index (κ3) is 7.40. The van der Waals surface area contributed by atoms with Crippen molar-refractivity contribution in [3.05, 3.63) is 35.9 Å². The number of carbonyl (C=O) groups excluding carboxylic acids is 2. The highest BCUT2D eigenvalue weighted by Crippen LogP contribution is 2.38. The van der Waals surface area contributed by atoms with Crippen LogP contribution in [0.1, 0.15) is 39.2 Å². The van der Waals surface area contributed by atoms with Gasteiger partial charge in [0.15, 0.2) is 0 Å². The quantitative estimate of drug-likeness (QED) is 0.579. The molecule has 0 aliphatic carbocycles. The first-order valence-electron chi connectivity index (χ1n) is 10.1. The first kappa shape index (κ1) is 26.0. The summed E-state index contributed by atoms with van der Waals surface area (Å²) < 4.78 is 62.4. The lowest BCUT2D eigenvalue weighted by atomic mass is 9.90. The van der Waals surface area contributed by atoms with Crippen molar-refractivity contribution in [1.29, 1.82) is 0 Å². The van der Waals surface area contributed by atoms with Crippen LogP contribution in [0.2, 0.25) is 0 Å². The fourth-order valence-corrected chi connectivity index (χ4v) is 3.72. The molecule has 1 N–H and O–H groups in total. The normalized spacial score (nSPS) is 19.6. The topological polar surface area (TPSA) is 102 Å². The molecule has 2 amide bonds. The maximum absolute atomic E-state index is 15.2. The predicted molar refractivity (Wildman–Crippen MR) is 114 cm³/mol. The summed E-state index contributed by atoms with van der Waals surface area (Å²) >= 11 is 0. The Labute approximate surface area is 187 Å². The molecular weight excluding hydrogens is 446 g/mol. The molecule has 1 aromatic rings. The highest BCUT2D eigenvalue weighted by Gasteiger charge is 2.59. The van der Waals surface area contributed by atoms with Crippen LogP contribution in [-0.2, 0) is 30.4 Å². The molecule has 0 saturated carbocycles. The number of alkyl halides is 2. The van der Waals surface area contributed by atoms with Crippen molar-refractivity contribution in [2.75, 3.05) is 26.0 Å². The molecule has 1 saturated heterocycles. The van der Waals surface area contributed by atoms with Crippen LogP contribution in [0, 0.1) is 5.41 Å². The summed E-state index contributed by atoms with van der Waals surface area (Å²) in [6, 6.07) is 8.68. The lowest BCUT2D eigenvalue weighted by molar-refractivity contribution is -0.135. The summed E-state index contributed by atoms with van der Waals surface area (Å²) in [5.41, 5.74) is -1.93. The number of nitrogens with zero attached hydrogens (tertiary/aromatic N) is 1. The fraction of sp³-hybridized carbons (Fsp3) is 0.619. The van der Waals surface area contributed by atoms with Gasteiger partial charge in [-0.2, -0.15) is 8.42 Å². The molecule has 32 heavy (non-hydrogen) atoms. The SMILES string of the molecule is CC(C)(C)CC(=O)N1CCC(NC(=O)OCc2ccccc2)(C(F)(F)COS(C)(=O)=O)C1. The van der Waals surface area contributed by atoms with Crippen LogP contribution >= 0.6 is 0 Å². The number of carbonyl (C=O) groups is 2. The first-order chi connectivity index (χ1) is 14.6. The standard InChI is InChI=1S/C21H30F2N2O6S/c1-19(2,3)12-17(26)25-11-10-20(14-25,21(22,23)15-31-32(4,28)29)24-18(27)30-13-16-8-6-5-7-9-16/h5-9H,10-15H2,1-4H3,(H,24,27). The van der Waals surface area contributed by atoms with E-state index < -0.39 is 40.8 Å². The van der Waals surface area contributed by atoms with Gasteiger partial charge in [0, 0.05) is 19.5 Å². The Morgan fingerprint density at radius 2 is 1.81 bits per heavy atom. The summed E-state index contributed by atoms with van der Waals surface area (Å²) in [5, 5.41) is 2.21. The molecule has 1 unspecified atom stereocenters. The van der Waals surface area contributed by atoms with E-state index in [4.69, 9.17) is 4.74 Å². The Morgan fingerprint density at radius 1 is 1.19 bits per heavy atom. The Balaban J connectivity index is 2.19. The molecule has 8 nitrogen and oxygen atoms in total. The van der Waals surface area contributed by atoms with E-state index in [0.717, 1.165) is 0 Å². The second-order valence-corrected chi connectivity index (χ2v) is 10.9. The summed E-state index contributed by atoms with van der Waals surface area (Å²) in [4.78, 5) is 26.2. The van der Waals surface area contributed by atoms with Crippen LogP contribution in [0.4, 0.5) is 13.6 Å². The summed E-state index contributed by atoms with van der Waals surface area (Å²) in [6.45, 7) is 3.42. The largest absolute Gasteiger partial charge is 0.445 e. The second-order valence-electron chi connectivity index (χ2n) is 9.24. The minimum absolute atomic E-state index is 0.0255. The van der Waals surface area contributed by atoms with E-state index in [0.29, 0.717) is 11.8 Å². The number of ether oxygens (including phenoxy) is 1. The number of alkyl carbamates (subject to hydrolysis) is 1. The molecule has 0 spiro atoms. The molecule has 1 heterocycles. The van der Waals surface area contributed by atoms with Crippen LogP contribution in [0.25, 0.3) is 0 Å². The molecule has 2 rings (SSSR count). The van der Waals surface area contributed by atoms with Crippen molar-refractivity contribution < 1.29 is 35.7 Å². The maximum Gasteiger partial charge on any atom is 0.408 e. The summed E-state index contributed by atoms with van der Waals surface area (Å²) in [5.74, 6) is -4.13.